The molecule has 4 rings (SSSR count). The molecule has 1 N–H and O–H groups in total. The van der Waals surface area contributed by atoms with Gasteiger partial charge in [-0.15, -0.1) is 0 Å². The number of aromatic nitrogens is 1. The maximum atomic E-state index is 12.5. The van der Waals surface area contributed by atoms with Crippen LogP contribution in [0.5, 0.6) is 0 Å². The summed E-state index contributed by atoms with van der Waals surface area (Å²) in [6.45, 7) is 6.68. The average Bonchev–Trinajstić information content (AvgIpc) is 3.35. The Bertz CT molecular complexity index is 927. The topological polar surface area (TPSA) is 61.6 Å². The highest BCUT2D eigenvalue weighted by atomic mass is 32.1. The summed E-state index contributed by atoms with van der Waals surface area (Å²) in [6, 6.07) is 10.6. The van der Waals surface area contributed by atoms with Gasteiger partial charge < -0.3 is 14.3 Å². The molecule has 0 unspecified atom stereocenters. The van der Waals surface area contributed by atoms with E-state index in [-0.39, 0.29) is 6.03 Å². The first kappa shape index (κ1) is 17.6. The average molecular weight is 382 g/mol. The zero-order valence-corrected chi connectivity index (χ0v) is 16.3. The molecular weight excluding hydrogens is 360 g/mol. The monoisotopic (exact) mass is 382 g/mol. The van der Waals surface area contributed by atoms with Crippen molar-refractivity contribution in [2.45, 2.75) is 13.8 Å². The number of carbonyl (C=O) groups excluding carboxylic acids is 1. The minimum atomic E-state index is -0.138. The summed E-state index contributed by atoms with van der Waals surface area (Å²) in [6.07, 6.45) is 0. The van der Waals surface area contributed by atoms with Crippen LogP contribution in [0.1, 0.15) is 11.3 Å². The van der Waals surface area contributed by atoms with Gasteiger partial charge in [-0.1, -0.05) is 17.3 Å². The quantitative estimate of drug-likeness (QED) is 0.730. The van der Waals surface area contributed by atoms with Crippen molar-refractivity contribution in [3.8, 4) is 11.1 Å². The van der Waals surface area contributed by atoms with Gasteiger partial charge in [0.2, 0.25) is 5.88 Å². The molecule has 3 aromatic rings. The molecule has 27 heavy (non-hydrogen) atoms. The van der Waals surface area contributed by atoms with Gasteiger partial charge in [-0.05, 0) is 53.9 Å². The van der Waals surface area contributed by atoms with Crippen LogP contribution in [0, 0.1) is 13.8 Å². The van der Waals surface area contributed by atoms with Crippen molar-refractivity contribution in [1.29, 1.82) is 0 Å². The number of piperazine rings is 1. The number of amides is 2. The van der Waals surface area contributed by atoms with Crippen molar-refractivity contribution in [2.75, 3.05) is 36.4 Å². The summed E-state index contributed by atoms with van der Waals surface area (Å²) < 4.78 is 5.18. The molecule has 0 spiro atoms. The number of anilines is 2. The maximum Gasteiger partial charge on any atom is 0.324 e. The van der Waals surface area contributed by atoms with Crippen LogP contribution in [0.2, 0.25) is 0 Å². The Balaban J connectivity index is 1.38. The molecular formula is C20H22N4O2S. The van der Waals surface area contributed by atoms with Crippen molar-refractivity contribution >= 4 is 28.9 Å². The number of hydrogen-bond acceptors (Lipinski definition) is 5. The molecule has 0 atom stereocenters. The number of benzene rings is 1. The fraction of sp³-hybridized carbons (Fsp3) is 0.300. The van der Waals surface area contributed by atoms with E-state index in [4.69, 9.17) is 4.52 Å². The number of carbonyl (C=O) groups is 1. The third kappa shape index (κ3) is 3.68. The fourth-order valence-electron chi connectivity index (χ4n) is 3.19. The van der Waals surface area contributed by atoms with E-state index in [0.29, 0.717) is 19.0 Å². The molecule has 6 nitrogen and oxygen atoms in total. The summed E-state index contributed by atoms with van der Waals surface area (Å²) in [5.41, 5.74) is 5.33. The molecule has 1 aromatic carbocycles. The molecule has 140 valence electrons. The smallest absolute Gasteiger partial charge is 0.324 e. The highest BCUT2D eigenvalue weighted by Gasteiger charge is 2.23. The highest BCUT2D eigenvalue weighted by molar-refractivity contribution is 7.08. The van der Waals surface area contributed by atoms with Crippen LogP contribution < -0.4 is 10.2 Å². The van der Waals surface area contributed by atoms with Crippen LogP contribution in [-0.2, 0) is 0 Å². The van der Waals surface area contributed by atoms with Crippen molar-refractivity contribution < 1.29 is 9.32 Å². The Morgan fingerprint density at radius 3 is 2.63 bits per heavy atom. The van der Waals surface area contributed by atoms with Gasteiger partial charge >= 0.3 is 6.03 Å². The Morgan fingerprint density at radius 1 is 1.15 bits per heavy atom. The van der Waals surface area contributed by atoms with E-state index in [1.54, 1.807) is 11.3 Å². The summed E-state index contributed by atoms with van der Waals surface area (Å²) in [4.78, 5) is 16.6. The van der Waals surface area contributed by atoms with Crippen LogP contribution in [0.25, 0.3) is 11.1 Å². The summed E-state index contributed by atoms with van der Waals surface area (Å²) in [5.74, 6) is 0.434. The van der Waals surface area contributed by atoms with Gasteiger partial charge in [-0.25, -0.2) is 4.79 Å². The molecule has 3 heterocycles. The van der Waals surface area contributed by atoms with Gasteiger partial charge in [-0.3, -0.25) is 5.32 Å². The van der Waals surface area contributed by atoms with E-state index in [2.05, 4.69) is 56.5 Å². The second kappa shape index (κ2) is 7.44. The van der Waals surface area contributed by atoms with Crippen molar-refractivity contribution in [2.24, 2.45) is 0 Å². The lowest BCUT2D eigenvalue weighted by Crippen LogP contribution is -2.50. The Morgan fingerprint density at radius 2 is 1.96 bits per heavy atom. The van der Waals surface area contributed by atoms with Crippen molar-refractivity contribution in [1.82, 2.24) is 10.1 Å². The standard InChI is InChI=1S/C20H22N4O2S/c1-14-15(2)22-26-19(14)21-20(25)24-9-7-23(8-10-24)18-5-3-4-16(12-18)17-6-11-27-13-17/h3-6,11-13H,7-10H2,1-2H3,(H,21,25). The predicted molar refractivity (Wildman–Crippen MR) is 109 cm³/mol. The largest absolute Gasteiger partial charge is 0.368 e. The van der Waals surface area contributed by atoms with Gasteiger partial charge in [0.1, 0.15) is 0 Å². The normalized spacial score (nSPS) is 14.4. The molecule has 1 fully saturated rings. The van der Waals surface area contributed by atoms with Gasteiger partial charge in [-0.2, -0.15) is 11.3 Å². The van der Waals surface area contributed by atoms with E-state index in [0.717, 1.165) is 24.3 Å². The van der Waals surface area contributed by atoms with Crippen molar-refractivity contribution in [3.05, 3.63) is 52.3 Å². The van der Waals surface area contributed by atoms with Gasteiger partial charge in [0.25, 0.3) is 0 Å². The fourth-order valence-corrected chi connectivity index (χ4v) is 3.85. The molecule has 2 aromatic heterocycles. The second-order valence-corrected chi connectivity index (χ2v) is 7.47. The van der Waals surface area contributed by atoms with E-state index in [1.165, 1.54) is 16.8 Å². The lowest BCUT2D eigenvalue weighted by Gasteiger charge is -2.36. The van der Waals surface area contributed by atoms with E-state index >= 15 is 0 Å². The predicted octanol–water partition coefficient (Wildman–Crippen LogP) is 4.37. The zero-order chi connectivity index (χ0) is 18.8. The molecule has 1 aliphatic heterocycles. The number of hydrogen-bond donors (Lipinski definition) is 1. The number of aryl methyl sites for hydroxylation is 1. The van der Waals surface area contributed by atoms with E-state index < -0.39 is 0 Å². The van der Waals surface area contributed by atoms with Crippen LogP contribution in [0.15, 0.2) is 45.6 Å². The minimum absolute atomic E-state index is 0.138. The first-order chi connectivity index (χ1) is 13.1. The third-order valence-corrected chi connectivity index (χ3v) is 5.69. The number of nitrogens with one attached hydrogen (secondary N) is 1. The Labute approximate surface area is 162 Å². The van der Waals surface area contributed by atoms with E-state index in [9.17, 15) is 4.79 Å². The molecule has 0 bridgehead atoms. The van der Waals surface area contributed by atoms with Gasteiger partial charge in [0.15, 0.2) is 0 Å². The molecule has 0 radical (unpaired) electrons. The molecule has 1 saturated heterocycles. The van der Waals surface area contributed by atoms with Crippen LogP contribution in [-0.4, -0.2) is 42.3 Å². The lowest BCUT2D eigenvalue weighted by molar-refractivity contribution is 0.207. The Kier molecular flexibility index (Phi) is 4.85. The molecule has 1 aliphatic rings. The van der Waals surface area contributed by atoms with Gasteiger partial charge in [0, 0.05) is 37.4 Å². The number of thiophene rings is 1. The summed E-state index contributed by atoms with van der Waals surface area (Å²) in [7, 11) is 0. The lowest BCUT2D eigenvalue weighted by atomic mass is 10.1. The number of nitrogens with zero attached hydrogens (tertiary/aromatic N) is 3. The molecule has 7 heteroatoms. The van der Waals surface area contributed by atoms with Gasteiger partial charge in [0.05, 0.1) is 5.69 Å². The SMILES string of the molecule is Cc1noc(NC(=O)N2CCN(c3cccc(-c4ccsc4)c3)CC2)c1C. The minimum Gasteiger partial charge on any atom is -0.368 e. The van der Waals surface area contributed by atoms with Crippen LogP contribution in [0.3, 0.4) is 0 Å². The first-order valence-corrected chi connectivity index (χ1v) is 9.92. The van der Waals surface area contributed by atoms with Crippen LogP contribution >= 0.6 is 11.3 Å². The number of urea groups is 1. The second-order valence-electron chi connectivity index (χ2n) is 6.69. The van der Waals surface area contributed by atoms with Crippen LogP contribution in [0.4, 0.5) is 16.4 Å². The van der Waals surface area contributed by atoms with E-state index in [1.807, 2.05) is 18.7 Å². The molecule has 0 saturated carbocycles. The zero-order valence-electron chi connectivity index (χ0n) is 15.4. The third-order valence-electron chi connectivity index (χ3n) is 5.01. The first-order valence-electron chi connectivity index (χ1n) is 8.98. The van der Waals surface area contributed by atoms with Crippen molar-refractivity contribution in [3.63, 3.8) is 0 Å². The maximum absolute atomic E-state index is 12.5. The summed E-state index contributed by atoms with van der Waals surface area (Å²) >= 11 is 1.71. The summed E-state index contributed by atoms with van der Waals surface area (Å²) in [5, 5.41) is 11.0. The highest BCUT2D eigenvalue weighted by Crippen LogP contribution is 2.27. The molecule has 2 amide bonds. The Hall–Kier alpha value is -2.80. The number of rotatable bonds is 3. The molecule has 0 aliphatic carbocycles.